The van der Waals surface area contributed by atoms with E-state index in [1.54, 1.807) is 14.2 Å². The first kappa shape index (κ1) is 13.5. The zero-order valence-electron chi connectivity index (χ0n) is 11.9. The van der Waals surface area contributed by atoms with Gasteiger partial charge in [-0.1, -0.05) is 13.8 Å². The Morgan fingerprint density at radius 1 is 1.11 bits per heavy atom. The van der Waals surface area contributed by atoms with Crippen molar-refractivity contribution in [2.75, 3.05) is 20.0 Å². The van der Waals surface area contributed by atoms with E-state index in [1.807, 2.05) is 18.2 Å². The second-order valence-corrected chi connectivity index (χ2v) is 5.03. The first-order chi connectivity index (χ1) is 9.05. The molecule has 0 aliphatic rings. The van der Waals surface area contributed by atoms with Gasteiger partial charge in [-0.15, -0.1) is 0 Å². The highest BCUT2D eigenvalue weighted by molar-refractivity contribution is 5.92. The molecule has 0 bridgehead atoms. The molecule has 0 atom stereocenters. The fourth-order valence-corrected chi connectivity index (χ4v) is 2.16. The van der Waals surface area contributed by atoms with Gasteiger partial charge in [0.2, 0.25) is 0 Å². The lowest BCUT2D eigenvalue weighted by Crippen LogP contribution is -2.01. The van der Waals surface area contributed by atoms with E-state index in [9.17, 15) is 0 Å². The number of anilines is 1. The van der Waals surface area contributed by atoms with Crippen molar-refractivity contribution in [2.24, 2.45) is 5.92 Å². The largest absolute Gasteiger partial charge is 0.493 e. The van der Waals surface area contributed by atoms with Gasteiger partial charge >= 0.3 is 0 Å². The minimum atomic E-state index is 0.546. The fraction of sp³-hybridized carbons (Fsp3) is 0.400. The summed E-state index contributed by atoms with van der Waals surface area (Å²) in [6, 6.07) is 5.68. The molecule has 0 spiro atoms. The SMILES string of the molecule is COc1cc2nc(CC(C)C)cc(N)c2cc1OC. The van der Waals surface area contributed by atoms with E-state index in [0.29, 0.717) is 17.4 Å². The van der Waals surface area contributed by atoms with Gasteiger partial charge in [0, 0.05) is 22.8 Å². The molecule has 2 N–H and O–H groups in total. The first-order valence-corrected chi connectivity index (χ1v) is 6.36. The van der Waals surface area contributed by atoms with E-state index in [0.717, 1.165) is 28.7 Å². The van der Waals surface area contributed by atoms with Crippen LogP contribution in [0.15, 0.2) is 18.2 Å². The van der Waals surface area contributed by atoms with Crippen LogP contribution in [0.1, 0.15) is 19.5 Å². The highest BCUT2D eigenvalue weighted by atomic mass is 16.5. The zero-order chi connectivity index (χ0) is 14.0. The Kier molecular flexibility index (Phi) is 3.79. The van der Waals surface area contributed by atoms with Crippen LogP contribution in [0.5, 0.6) is 11.5 Å². The van der Waals surface area contributed by atoms with Crippen LogP contribution < -0.4 is 15.2 Å². The Balaban J connectivity index is 2.60. The lowest BCUT2D eigenvalue weighted by Gasteiger charge is -2.12. The topological polar surface area (TPSA) is 57.4 Å². The summed E-state index contributed by atoms with van der Waals surface area (Å²) in [7, 11) is 3.23. The minimum absolute atomic E-state index is 0.546. The summed E-state index contributed by atoms with van der Waals surface area (Å²) in [6.45, 7) is 4.33. The zero-order valence-corrected chi connectivity index (χ0v) is 11.9. The summed E-state index contributed by atoms with van der Waals surface area (Å²) in [5.74, 6) is 1.88. The van der Waals surface area contributed by atoms with Gasteiger partial charge in [0.25, 0.3) is 0 Å². The normalized spacial score (nSPS) is 11.0. The molecular formula is C15H20N2O2. The number of ether oxygens (including phenoxy) is 2. The number of hydrogen-bond donors (Lipinski definition) is 1. The molecule has 4 nitrogen and oxygen atoms in total. The number of methoxy groups -OCH3 is 2. The minimum Gasteiger partial charge on any atom is -0.493 e. The molecule has 0 amide bonds. The van der Waals surface area contributed by atoms with E-state index in [-0.39, 0.29) is 0 Å². The smallest absolute Gasteiger partial charge is 0.162 e. The lowest BCUT2D eigenvalue weighted by molar-refractivity contribution is 0.356. The maximum Gasteiger partial charge on any atom is 0.162 e. The van der Waals surface area contributed by atoms with Crippen molar-refractivity contribution >= 4 is 16.6 Å². The van der Waals surface area contributed by atoms with Crippen LogP contribution >= 0.6 is 0 Å². The average molecular weight is 260 g/mol. The summed E-state index contributed by atoms with van der Waals surface area (Å²) in [4.78, 5) is 4.64. The molecule has 102 valence electrons. The van der Waals surface area contributed by atoms with Gasteiger partial charge in [0.1, 0.15) is 0 Å². The van der Waals surface area contributed by atoms with Crippen LogP contribution in [-0.2, 0) is 6.42 Å². The molecule has 0 aliphatic heterocycles. The Labute approximate surface area is 113 Å². The number of hydrogen-bond acceptors (Lipinski definition) is 4. The molecule has 4 heteroatoms. The number of nitrogen functional groups attached to an aromatic ring is 1. The standard InChI is InChI=1S/C15H20N2O2/c1-9(2)5-10-6-12(16)11-7-14(18-3)15(19-4)8-13(11)17-10/h6-9H,5H2,1-4H3,(H2,16,17). The third kappa shape index (κ3) is 2.72. The molecule has 0 saturated heterocycles. The Bertz CT molecular complexity index is 594. The number of aromatic nitrogens is 1. The number of rotatable bonds is 4. The van der Waals surface area contributed by atoms with Crippen molar-refractivity contribution in [3.63, 3.8) is 0 Å². The second kappa shape index (κ2) is 5.34. The molecule has 0 aliphatic carbocycles. The van der Waals surface area contributed by atoms with Crippen LogP contribution in [0.3, 0.4) is 0 Å². The number of fused-ring (bicyclic) bond motifs is 1. The number of benzene rings is 1. The van der Waals surface area contributed by atoms with Gasteiger partial charge in [0.05, 0.1) is 19.7 Å². The summed E-state index contributed by atoms with van der Waals surface area (Å²) >= 11 is 0. The quantitative estimate of drug-likeness (QED) is 0.918. The van der Waals surface area contributed by atoms with E-state index in [4.69, 9.17) is 15.2 Å². The molecule has 2 rings (SSSR count). The number of pyridine rings is 1. The van der Waals surface area contributed by atoms with E-state index < -0.39 is 0 Å². The van der Waals surface area contributed by atoms with Crippen molar-refractivity contribution in [1.29, 1.82) is 0 Å². The van der Waals surface area contributed by atoms with Gasteiger partial charge in [-0.25, -0.2) is 0 Å². The summed E-state index contributed by atoms with van der Waals surface area (Å²) in [5.41, 5.74) is 8.68. The second-order valence-electron chi connectivity index (χ2n) is 5.03. The predicted octanol–water partition coefficient (Wildman–Crippen LogP) is 3.03. The van der Waals surface area contributed by atoms with Gasteiger partial charge in [-0.05, 0) is 24.5 Å². The average Bonchev–Trinajstić information content (AvgIpc) is 2.36. The van der Waals surface area contributed by atoms with Gasteiger partial charge in [-0.2, -0.15) is 0 Å². The molecular weight excluding hydrogens is 240 g/mol. The highest BCUT2D eigenvalue weighted by Gasteiger charge is 2.11. The van der Waals surface area contributed by atoms with Crippen LogP contribution in [-0.4, -0.2) is 19.2 Å². The number of nitrogens with zero attached hydrogens (tertiary/aromatic N) is 1. The van der Waals surface area contributed by atoms with Crippen molar-refractivity contribution in [3.8, 4) is 11.5 Å². The van der Waals surface area contributed by atoms with Crippen molar-refractivity contribution < 1.29 is 9.47 Å². The Hall–Kier alpha value is -1.97. The van der Waals surface area contributed by atoms with Gasteiger partial charge in [0.15, 0.2) is 11.5 Å². The van der Waals surface area contributed by atoms with Crippen molar-refractivity contribution in [2.45, 2.75) is 20.3 Å². The molecule has 1 aromatic carbocycles. The lowest BCUT2D eigenvalue weighted by atomic mass is 10.1. The van der Waals surface area contributed by atoms with Crippen LogP contribution in [0.2, 0.25) is 0 Å². The third-order valence-corrected chi connectivity index (χ3v) is 3.02. The van der Waals surface area contributed by atoms with Crippen molar-refractivity contribution in [1.82, 2.24) is 4.98 Å². The monoisotopic (exact) mass is 260 g/mol. The predicted molar refractivity (Wildman–Crippen MR) is 77.8 cm³/mol. The summed E-state index contributed by atoms with van der Waals surface area (Å²) in [5, 5.41) is 0.894. The molecule has 0 unspecified atom stereocenters. The van der Waals surface area contributed by atoms with Gasteiger partial charge in [-0.3, -0.25) is 4.98 Å². The molecule has 2 aromatic rings. The van der Waals surface area contributed by atoms with E-state index in [1.165, 1.54) is 0 Å². The Morgan fingerprint density at radius 2 is 1.74 bits per heavy atom. The van der Waals surface area contributed by atoms with Crippen LogP contribution in [0, 0.1) is 5.92 Å². The summed E-state index contributed by atoms with van der Waals surface area (Å²) in [6.07, 6.45) is 0.911. The molecule has 0 fully saturated rings. The first-order valence-electron chi connectivity index (χ1n) is 6.36. The molecule has 0 saturated carbocycles. The molecule has 1 heterocycles. The number of nitrogens with two attached hydrogens (primary N) is 1. The van der Waals surface area contributed by atoms with Crippen LogP contribution in [0.25, 0.3) is 10.9 Å². The fourth-order valence-electron chi connectivity index (χ4n) is 2.16. The highest BCUT2D eigenvalue weighted by Crippen LogP contribution is 2.34. The maximum atomic E-state index is 6.11. The molecule has 19 heavy (non-hydrogen) atoms. The summed E-state index contributed by atoms with van der Waals surface area (Å²) < 4.78 is 10.6. The molecule has 1 aromatic heterocycles. The van der Waals surface area contributed by atoms with Gasteiger partial charge < -0.3 is 15.2 Å². The maximum absolute atomic E-state index is 6.11. The third-order valence-electron chi connectivity index (χ3n) is 3.02. The molecule has 0 radical (unpaired) electrons. The Morgan fingerprint density at radius 3 is 2.32 bits per heavy atom. The van der Waals surface area contributed by atoms with E-state index in [2.05, 4.69) is 18.8 Å². The van der Waals surface area contributed by atoms with Crippen molar-refractivity contribution in [3.05, 3.63) is 23.9 Å². The van der Waals surface area contributed by atoms with E-state index >= 15 is 0 Å². The van der Waals surface area contributed by atoms with Crippen LogP contribution in [0.4, 0.5) is 5.69 Å².